The minimum Gasteiger partial charge on any atom is -0.486 e. The molecule has 1 fully saturated rings. The smallest absolute Gasteiger partial charge is 0.161 e. The first-order valence-electron chi connectivity index (χ1n) is 6.19. The lowest BCUT2D eigenvalue weighted by atomic mass is 10.0. The van der Waals surface area contributed by atoms with E-state index in [-0.39, 0.29) is 12.1 Å². The van der Waals surface area contributed by atoms with Gasteiger partial charge in [-0.05, 0) is 17.7 Å². The van der Waals surface area contributed by atoms with Crippen molar-refractivity contribution in [2.75, 3.05) is 31.3 Å². The summed E-state index contributed by atoms with van der Waals surface area (Å²) in [6.45, 7) is 2.00. The van der Waals surface area contributed by atoms with E-state index >= 15 is 0 Å². The number of nitrogens with two attached hydrogens (primary N) is 1. The molecule has 3 rings (SSSR count). The Kier molecular flexibility index (Phi) is 3.63. The Hall–Kier alpha value is -0.910. The topological polar surface area (TPSA) is 53.7 Å². The Morgan fingerprint density at radius 1 is 1.17 bits per heavy atom. The van der Waals surface area contributed by atoms with Crippen LogP contribution in [0, 0.1) is 0 Å². The average molecular weight is 267 g/mol. The summed E-state index contributed by atoms with van der Waals surface area (Å²) in [7, 11) is 0. The van der Waals surface area contributed by atoms with E-state index in [2.05, 4.69) is 0 Å². The lowest BCUT2D eigenvalue weighted by molar-refractivity contribution is 0.0568. The van der Waals surface area contributed by atoms with Gasteiger partial charge in [0.1, 0.15) is 13.2 Å². The van der Waals surface area contributed by atoms with Crippen molar-refractivity contribution in [1.82, 2.24) is 0 Å². The molecule has 2 heterocycles. The van der Waals surface area contributed by atoms with Gasteiger partial charge >= 0.3 is 0 Å². The van der Waals surface area contributed by atoms with Gasteiger partial charge in [-0.2, -0.15) is 11.8 Å². The van der Waals surface area contributed by atoms with Gasteiger partial charge in [0.15, 0.2) is 11.5 Å². The summed E-state index contributed by atoms with van der Waals surface area (Å²) < 4.78 is 16.8. The van der Waals surface area contributed by atoms with E-state index in [4.69, 9.17) is 19.9 Å². The lowest BCUT2D eigenvalue weighted by Gasteiger charge is -2.28. The summed E-state index contributed by atoms with van der Waals surface area (Å²) in [5.74, 6) is 3.61. The Balaban J connectivity index is 1.78. The maximum absolute atomic E-state index is 6.27. The quantitative estimate of drug-likeness (QED) is 0.882. The van der Waals surface area contributed by atoms with E-state index in [0.717, 1.165) is 35.2 Å². The van der Waals surface area contributed by atoms with Crippen LogP contribution in [0.3, 0.4) is 0 Å². The number of fused-ring (bicyclic) bond motifs is 1. The second-order valence-corrected chi connectivity index (χ2v) is 5.56. The zero-order chi connectivity index (χ0) is 12.4. The van der Waals surface area contributed by atoms with Crippen LogP contribution in [0.1, 0.15) is 11.6 Å². The summed E-state index contributed by atoms with van der Waals surface area (Å²) in [6, 6.07) is 5.80. The van der Waals surface area contributed by atoms with Gasteiger partial charge < -0.3 is 19.9 Å². The molecule has 0 aliphatic carbocycles. The van der Waals surface area contributed by atoms with Gasteiger partial charge in [0.05, 0.1) is 18.8 Å². The second-order valence-electron chi connectivity index (χ2n) is 4.41. The van der Waals surface area contributed by atoms with Crippen LogP contribution < -0.4 is 15.2 Å². The molecule has 0 spiro atoms. The zero-order valence-electron chi connectivity index (χ0n) is 10.1. The van der Waals surface area contributed by atoms with E-state index in [1.165, 1.54) is 0 Å². The highest BCUT2D eigenvalue weighted by Gasteiger charge is 2.24. The highest BCUT2D eigenvalue weighted by Crippen LogP contribution is 2.34. The van der Waals surface area contributed by atoms with Crippen molar-refractivity contribution < 1.29 is 14.2 Å². The molecule has 1 aromatic carbocycles. The predicted octanol–water partition coefficient (Wildman–Crippen LogP) is 1.59. The fourth-order valence-corrected chi connectivity index (χ4v) is 3.11. The van der Waals surface area contributed by atoms with E-state index in [0.29, 0.717) is 13.2 Å². The Morgan fingerprint density at radius 3 is 2.78 bits per heavy atom. The first kappa shape index (κ1) is 12.1. The summed E-state index contributed by atoms with van der Waals surface area (Å²) in [5.41, 5.74) is 7.32. The summed E-state index contributed by atoms with van der Waals surface area (Å²) in [5, 5.41) is 0. The molecular weight excluding hydrogens is 250 g/mol. The molecule has 2 aliphatic heterocycles. The zero-order valence-corrected chi connectivity index (χ0v) is 10.9. The van der Waals surface area contributed by atoms with Gasteiger partial charge in [-0.25, -0.2) is 0 Å². The Morgan fingerprint density at radius 2 is 2.00 bits per heavy atom. The first-order chi connectivity index (χ1) is 8.84. The van der Waals surface area contributed by atoms with E-state index in [1.54, 1.807) is 0 Å². The van der Waals surface area contributed by atoms with E-state index in [1.807, 2.05) is 30.0 Å². The number of ether oxygens (including phenoxy) is 3. The molecule has 4 nitrogen and oxygen atoms in total. The minimum absolute atomic E-state index is 0.0892. The number of hydrogen-bond acceptors (Lipinski definition) is 5. The van der Waals surface area contributed by atoms with Crippen LogP contribution in [0.2, 0.25) is 0 Å². The van der Waals surface area contributed by atoms with Gasteiger partial charge in [-0.15, -0.1) is 0 Å². The van der Waals surface area contributed by atoms with Crippen LogP contribution in [0.5, 0.6) is 11.5 Å². The van der Waals surface area contributed by atoms with Gasteiger partial charge in [-0.1, -0.05) is 6.07 Å². The normalized spacial score (nSPS) is 24.6. The van der Waals surface area contributed by atoms with Crippen molar-refractivity contribution in [2.45, 2.75) is 12.1 Å². The molecule has 0 amide bonds. The summed E-state index contributed by atoms with van der Waals surface area (Å²) in [6.07, 6.45) is 0.0892. The Labute approximate surface area is 111 Å². The molecule has 2 unspecified atom stereocenters. The molecule has 1 saturated heterocycles. The predicted molar refractivity (Wildman–Crippen MR) is 71.4 cm³/mol. The molecule has 18 heavy (non-hydrogen) atoms. The van der Waals surface area contributed by atoms with Crippen LogP contribution in [0.15, 0.2) is 18.2 Å². The van der Waals surface area contributed by atoms with Crippen molar-refractivity contribution in [2.24, 2.45) is 5.73 Å². The van der Waals surface area contributed by atoms with Crippen LogP contribution in [0.25, 0.3) is 0 Å². The fourth-order valence-electron chi connectivity index (χ4n) is 2.20. The molecule has 0 radical (unpaired) electrons. The second kappa shape index (κ2) is 5.38. The van der Waals surface area contributed by atoms with Crippen molar-refractivity contribution in [3.05, 3.63) is 23.8 Å². The molecule has 0 aromatic heterocycles. The van der Waals surface area contributed by atoms with Crippen molar-refractivity contribution in [3.63, 3.8) is 0 Å². The molecule has 0 saturated carbocycles. The molecule has 2 atom stereocenters. The van der Waals surface area contributed by atoms with Crippen molar-refractivity contribution >= 4 is 11.8 Å². The maximum Gasteiger partial charge on any atom is 0.161 e. The molecular formula is C13H17NO3S. The van der Waals surface area contributed by atoms with Crippen LogP contribution in [0.4, 0.5) is 0 Å². The average Bonchev–Trinajstić information content (AvgIpc) is 2.47. The third-order valence-electron chi connectivity index (χ3n) is 3.19. The third-order valence-corrected chi connectivity index (χ3v) is 4.21. The fraction of sp³-hybridized carbons (Fsp3) is 0.538. The first-order valence-corrected chi connectivity index (χ1v) is 7.34. The molecule has 0 bridgehead atoms. The maximum atomic E-state index is 6.27. The Bertz CT molecular complexity index is 421. The highest BCUT2D eigenvalue weighted by atomic mass is 32.2. The SMILES string of the molecule is NC(c1ccc2c(c1)OCCO2)C1CSCCO1. The molecule has 1 aromatic rings. The largest absolute Gasteiger partial charge is 0.486 e. The highest BCUT2D eigenvalue weighted by molar-refractivity contribution is 7.99. The monoisotopic (exact) mass is 267 g/mol. The van der Waals surface area contributed by atoms with Crippen molar-refractivity contribution in [1.29, 1.82) is 0 Å². The van der Waals surface area contributed by atoms with E-state index < -0.39 is 0 Å². The minimum atomic E-state index is -0.103. The number of hydrogen-bond donors (Lipinski definition) is 1. The van der Waals surface area contributed by atoms with Crippen LogP contribution >= 0.6 is 11.8 Å². The van der Waals surface area contributed by atoms with Gasteiger partial charge in [0, 0.05) is 11.5 Å². The molecule has 98 valence electrons. The summed E-state index contributed by atoms with van der Waals surface area (Å²) >= 11 is 1.89. The number of benzene rings is 1. The van der Waals surface area contributed by atoms with Crippen molar-refractivity contribution in [3.8, 4) is 11.5 Å². The molecule has 2 N–H and O–H groups in total. The van der Waals surface area contributed by atoms with Gasteiger partial charge in [0.2, 0.25) is 0 Å². The standard InChI is InChI=1S/C13H17NO3S/c14-13(12-8-18-6-5-17-12)9-1-2-10-11(7-9)16-4-3-15-10/h1-2,7,12-13H,3-6,8,14H2. The van der Waals surface area contributed by atoms with E-state index in [9.17, 15) is 0 Å². The van der Waals surface area contributed by atoms with Crippen LogP contribution in [-0.4, -0.2) is 37.4 Å². The molecule has 5 heteroatoms. The van der Waals surface area contributed by atoms with Gasteiger partial charge in [-0.3, -0.25) is 0 Å². The number of rotatable bonds is 2. The van der Waals surface area contributed by atoms with Crippen LogP contribution in [-0.2, 0) is 4.74 Å². The number of thioether (sulfide) groups is 1. The third kappa shape index (κ3) is 2.43. The lowest BCUT2D eigenvalue weighted by Crippen LogP contribution is -2.34. The molecule has 2 aliphatic rings. The van der Waals surface area contributed by atoms with Gasteiger partial charge in [0.25, 0.3) is 0 Å². The summed E-state index contributed by atoms with van der Waals surface area (Å²) in [4.78, 5) is 0.